The Morgan fingerprint density at radius 1 is 1.12 bits per heavy atom. The van der Waals surface area contributed by atoms with Gasteiger partial charge in [0.2, 0.25) is 0 Å². The lowest BCUT2D eigenvalue weighted by Crippen LogP contribution is -2.01. The Bertz CT molecular complexity index is 904. The Kier molecular flexibility index (Phi) is 5.73. The minimum Gasteiger partial charge on any atom is -0.465 e. The lowest BCUT2D eigenvalue weighted by Gasteiger charge is -2.09. The van der Waals surface area contributed by atoms with Crippen molar-refractivity contribution in [2.24, 2.45) is 0 Å². The van der Waals surface area contributed by atoms with Crippen LogP contribution in [0.2, 0.25) is 0 Å². The highest BCUT2D eigenvalue weighted by Gasteiger charge is 2.14. The van der Waals surface area contributed by atoms with Crippen molar-refractivity contribution < 1.29 is 9.53 Å². The van der Waals surface area contributed by atoms with Crippen molar-refractivity contribution in [3.05, 3.63) is 65.2 Å². The molecule has 5 nitrogen and oxygen atoms in total. The summed E-state index contributed by atoms with van der Waals surface area (Å²) < 4.78 is 6.86. The smallest absolute Gasteiger partial charge is 0.337 e. The standard InChI is InChI=1S/C20H21N3O2S/c1-4-23-18(17-8-6-5-7-14(17)2)21-22-20(23)26-13-15-9-11-16(12-10-15)19(24)25-3/h5-12H,4,13H2,1-3H3. The Balaban J connectivity index is 1.77. The third kappa shape index (κ3) is 3.80. The fourth-order valence-electron chi connectivity index (χ4n) is 2.71. The molecule has 0 aliphatic heterocycles. The number of carbonyl (C=O) groups excluding carboxylic acids is 1. The monoisotopic (exact) mass is 367 g/mol. The molecule has 3 rings (SSSR count). The van der Waals surface area contributed by atoms with E-state index in [0.717, 1.165) is 34.4 Å². The number of ether oxygens (including phenoxy) is 1. The molecule has 0 N–H and O–H groups in total. The average Bonchev–Trinajstić information content (AvgIpc) is 3.09. The molecule has 0 aliphatic rings. The van der Waals surface area contributed by atoms with Crippen LogP contribution in [0.4, 0.5) is 0 Å². The van der Waals surface area contributed by atoms with Gasteiger partial charge < -0.3 is 9.30 Å². The summed E-state index contributed by atoms with van der Waals surface area (Å²) in [6.45, 7) is 4.99. The number of thioether (sulfide) groups is 1. The Labute approximate surface area is 157 Å². The predicted molar refractivity (Wildman–Crippen MR) is 103 cm³/mol. The van der Waals surface area contributed by atoms with Crippen LogP contribution in [0.5, 0.6) is 0 Å². The average molecular weight is 367 g/mol. The summed E-state index contributed by atoms with van der Waals surface area (Å²) in [6, 6.07) is 15.6. The lowest BCUT2D eigenvalue weighted by atomic mass is 10.1. The number of hydrogen-bond acceptors (Lipinski definition) is 5. The van der Waals surface area contributed by atoms with Gasteiger partial charge in [-0.15, -0.1) is 10.2 Å². The number of esters is 1. The zero-order valence-electron chi connectivity index (χ0n) is 15.1. The van der Waals surface area contributed by atoms with Crippen LogP contribution >= 0.6 is 11.8 Å². The van der Waals surface area contributed by atoms with Crippen molar-refractivity contribution in [1.82, 2.24) is 14.8 Å². The lowest BCUT2D eigenvalue weighted by molar-refractivity contribution is 0.0600. The highest BCUT2D eigenvalue weighted by atomic mass is 32.2. The number of carbonyl (C=O) groups is 1. The molecule has 0 aliphatic carbocycles. The summed E-state index contributed by atoms with van der Waals surface area (Å²) in [5.41, 5.74) is 3.96. The SMILES string of the molecule is CCn1c(SCc2ccc(C(=O)OC)cc2)nnc1-c1ccccc1C. The molecule has 26 heavy (non-hydrogen) atoms. The maximum absolute atomic E-state index is 11.5. The van der Waals surface area contributed by atoms with Gasteiger partial charge in [0.15, 0.2) is 11.0 Å². The highest BCUT2D eigenvalue weighted by molar-refractivity contribution is 7.98. The summed E-state index contributed by atoms with van der Waals surface area (Å²) in [5, 5.41) is 9.68. The molecule has 3 aromatic rings. The van der Waals surface area contributed by atoms with E-state index in [4.69, 9.17) is 4.74 Å². The molecule has 2 aromatic carbocycles. The molecule has 0 fully saturated rings. The van der Waals surface area contributed by atoms with Gasteiger partial charge in [-0.3, -0.25) is 0 Å². The maximum atomic E-state index is 11.5. The van der Waals surface area contributed by atoms with E-state index in [0.29, 0.717) is 5.56 Å². The number of aryl methyl sites for hydroxylation is 1. The van der Waals surface area contributed by atoms with E-state index in [2.05, 4.69) is 40.7 Å². The minimum atomic E-state index is -0.321. The van der Waals surface area contributed by atoms with Crippen molar-refractivity contribution in [3.63, 3.8) is 0 Å². The van der Waals surface area contributed by atoms with Crippen LogP contribution in [0.3, 0.4) is 0 Å². The molecule has 0 radical (unpaired) electrons. The maximum Gasteiger partial charge on any atom is 0.337 e. The minimum absolute atomic E-state index is 0.321. The van der Waals surface area contributed by atoms with Gasteiger partial charge in [0.1, 0.15) is 0 Å². The number of nitrogens with zero attached hydrogens (tertiary/aromatic N) is 3. The van der Waals surface area contributed by atoms with E-state index in [-0.39, 0.29) is 5.97 Å². The second kappa shape index (κ2) is 8.19. The van der Waals surface area contributed by atoms with Gasteiger partial charge in [0.25, 0.3) is 0 Å². The largest absolute Gasteiger partial charge is 0.465 e. The molecule has 1 aromatic heterocycles. The first-order valence-electron chi connectivity index (χ1n) is 8.43. The second-order valence-electron chi connectivity index (χ2n) is 5.84. The third-order valence-electron chi connectivity index (χ3n) is 4.16. The van der Waals surface area contributed by atoms with Crippen LogP contribution in [0, 0.1) is 6.92 Å². The molecule has 0 saturated heterocycles. The van der Waals surface area contributed by atoms with Crippen LogP contribution < -0.4 is 0 Å². The highest BCUT2D eigenvalue weighted by Crippen LogP contribution is 2.28. The van der Waals surface area contributed by atoms with Gasteiger partial charge in [-0.1, -0.05) is 48.2 Å². The van der Waals surface area contributed by atoms with Crippen molar-refractivity contribution in [2.45, 2.75) is 31.3 Å². The topological polar surface area (TPSA) is 57.0 Å². The Morgan fingerprint density at radius 2 is 1.85 bits per heavy atom. The number of hydrogen-bond donors (Lipinski definition) is 0. The van der Waals surface area contributed by atoms with E-state index < -0.39 is 0 Å². The number of aromatic nitrogens is 3. The first-order chi connectivity index (χ1) is 12.6. The molecule has 134 valence electrons. The van der Waals surface area contributed by atoms with Crippen LogP contribution in [-0.4, -0.2) is 27.8 Å². The molecule has 0 atom stereocenters. The Hall–Kier alpha value is -2.60. The summed E-state index contributed by atoms with van der Waals surface area (Å²) in [7, 11) is 1.38. The van der Waals surface area contributed by atoms with Gasteiger partial charge >= 0.3 is 5.97 Å². The van der Waals surface area contributed by atoms with Crippen LogP contribution in [0.25, 0.3) is 11.4 Å². The molecular weight excluding hydrogens is 346 g/mol. The van der Waals surface area contributed by atoms with E-state index >= 15 is 0 Å². The normalized spacial score (nSPS) is 10.7. The zero-order valence-corrected chi connectivity index (χ0v) is 15.9. The summed E-state index contributed by atoms with van der Waals surface area (Å²) >= 11 is 1.64. The van der Waals surface area contributed by atoms with Gasteiger partial charge in [-0.2, -0.15) is 0 Å². The number of rotatable bonds is 6. The number of methoxy groups -OCH3 is 1. The molecule has 6 heteroatoms. The molecule has 0 unspecified atom stereocenters. The molecule has 0 amide bonds. The molecule has 0 saturated carbocycles. The van der Waals surface area contributed by atoms with E-state index in [1.165, 1.54) is 12.7 Å². The van der Waals surface area contributed by atoms with E-state index in [9.17, 15) is 4.79 Å². The fourth-order valence-corrected chi connectivity index (χ4v) is 3.66. The number of benzene rings is 2. The van der Waals surface area contributed by atoms with Crippen LogP contribution in [0.1, 0.15) is 28.4 Å². The van der Waals surface area contributed by atoms with Gasteiger partial charge in [0.05, 0.1) is 12.7 Å². The van der Waals surface area contributed by atoms with Crippen molar-refractivity contribution in [3.8, 4) is 11.4 Å². The summed E-state index contributed by atoms with van der Waals surface area (Å²) in [5.74, 6) is 1.33. The first-order valence-corrected chi connectivity index (χ1v) is 9.41. The van der Waals surface area contributed by atoms with Crippen molar-refractivity contribution in [2.75, 3.05) is 7.11 Å². The van der Waals surface area contributed by atoms with E-state index in [1.807, 2.05) is 24.3 Å². The second-order valence-corrected chi connectivity index (χ2v) is 6.79. The van der Waals surface area contributed by atoms with Crippen molar-refractivity contribution in [1.29, 1.82) is 0 Å². The quantitative estimate of drug-likeness (QED) is 0.479. The van der Waals surface area contributed by atoms with E-state index in [1.54, 1.807) is 23.9 Å². The summed E-state index contributed by atoms with van der Waals surface area (Å²) in [4.78, 5) is 11.5. The third-order valence-corrected chi connectivity index (χ3v) is 5.20. The first kappa shape index (κ1) is 18.2. The van der Waals surface area contributed by atoms with Crippen LogP contribution in [0.15, 0.2) is 53.7 Å². The molecular formula is C20H21N3O2S. The van der Waals surface area contributed by atoms with Crippen molar-refractivity contribution >= 4 is 17.7 Å². The van der Waals surface area contributed by atoms with Gasteiger partial charge in [-0.05, 0) is 37.1 Å². The predicted octanol–water partition coefficient (Wildman–Crippen LogP) is 4.35. The van der Waals surface area contributed by atoms with Gasteiger partial charge in [0, 0.05) is 17.9 Å². The van der Waals surface area contributed by atoms with Crippen LogP contribution in [-0.2, 0) is 17.0 Å². The fraction of sp³-hybridized carbons (Fsp3) is 0.250. The van der Waals surface area contributed by atoms with Gasteiger partial charge in [-0.25, -0.2) is 4.79 Å². The Morgan fingerprint density at radius 3 is 2.50 bits per heavy atom. The molecule has 1 heterocycles. The zero-order chi connectivity index (χ0) is 18.5. The molecule has 0 bridgehead atoms. The molecule has 0 spiro atoms. The summed E-state index contributed by atoms with van der Waals surface area (Å²) in [6.07, 6.45) is 0.